The summed E-state index contributed by atoms with van der Waals surface area (Å²) in [6.07, 6.45) is 15.9. The first-order valence-corrected chi connectivity index (χ1v) is 20.1. The van der Waals surface area contributed by atoms with Crippen LogP contribution in [0.1, 0.15) is 104 Å². The fraction of sp³-hybridized carbons (Fsp3) is 0.795. The highest BCUT2D eigenvalue weighted by Gasteiger charge is 2.59. The SMILES string of the molecule is CCOC(=O)N1C2C=C(N3CCC4(CC3)CC(=O)NC4CC3C(=O)NC(CC)C34CCN(C3=CC5CCC(C3)N5C(=O)OCC)CC4)CC1CC2. The van der Waals surface area contributed by atoms with Crippen LogP contribution in [0, 0.1) is 16.7 Å². The fourth-order valence-corrected chi connectivity index (χ4v) is 11.9. The summed E-state index contributed by atoms with van der Waals surface area (Å²) < 4.78 is 10.7. The molecule has 4 amide bonds. The van der Waals surface area contributed by atoms with E-state index in [4.69, 9.17) is 9.47 Å². The van der Waals surface area contributed by atoms with Crippen LogP contribution in [0.25, 0.3) is 0 Å². The number of hydrogen-bond acceptors (Lipinski definition) is 8. The Hall–Kier alpha value is -3.44. The minimum Gasteiger partial charge on any atom is -0.450 e. The number of carbonyl (C=O) groups excluding carboxylic acids is 4. The minimum atomic E-state index is -0.193. The lowest BCUT2D eigenvalue weighted by Gasteiger charge is -2.49. The molecule has 0 aromatic carbocycles. The van der Waals surface area contributed by atoms with E-state index in [-0.39, 0.29) is 77.0 Å². The summed E-state index contributed by atoms with van der Waals surface area (Å²) in [5, 5.41) is 6.82. The molecule has 2 spiro atoms. The summed E-state index contributed by atoms with van der Waals surface area (Å²) in [6, 6.07) is 0.756. The van der Waals surface area contributed by atoms with Crippen LogP contribution < -0.4 is 10.6 Å². The van der Waals surface area contributed by atoms with E-state index >= 15 is 0 Å². The molecule has 0 radical (unpaired) electrons. The molecule has 8 rings (SSSR count). The normalized spacial score (nSPS) is 34.8. The summed E-state index contributed by atoms with van der Waals surface area (Å²) in [7, 11) is 0. The number of rotatable bonds is 7. The van der Waals surface area contributed by atoms with Gasteiger partial charge >= 0.3 is 12.2 Å². The predicted molar refractivity (Wildman–Crippen MR) is 190 cm³/mol. The van der Waals surface area contributed by atoms with E-state index in [2.05, 4.69) is 39.5 Å². The van der Waals surface area contributed by atoms with E-state index in [1.165, 1.54) is 11.4 Å². The van der Waals surface area contributed by atoms with Gasteiger partial charge in [0, 0.05) is 97.8 Å². The topological polar surface area (TPSA) is 124 Å². The van der Waals surface area contributed by atoms with E-state index in [0.717, 1.165) is 96.8 Å². The number of carbonyl (C=O) groups is 4. The van der Waals surface area contributed by atoms with Crippen molar-refractivity contribution in [2.75, 3.05) is 39.4 Å². The van der Waals surface area contributed by atoms with Gasteiger partial charge in [0.25, 0.3) is 0 Å². The zero-order valence-electron chi connectivity index (χ0n) is 30.9. The van der Waals surface area contributed by atoms with E-state index < -0.39 is 0 Å². The number of nitrogens with zero attached hydrogens (tertiary/aromatic N) is 4. The molecule has 8 aliphatic heterocycles. The number of hydrogen-bond donors (Lipinski definition) is 2. The van der Waals surface area contributed by atoms with Crippen molar-refractivity contribution in [1.82, 2.24) is 30.2 Å². The van der Waals surface area contributed by atoms with Gasteiger partial charge in [-0.05, 0) is 90.2 Å². The molecule has 8 heterocycles. The summed E-state index contributed by atoms with van der Waals surface area (Å²) in [5.74, 6) is 0.167. The summed E-state index contributed by atoms with van der Waals surface area (Å²) in [6.45, 7) is 10.3. The van der Waals surface area contributed by atoms with Crippen LogP contribution in [-0.2, 0) is 19.1 Å². The maximum absolute atomic E-state index is 13.9. The molecule has 0 aliphatic carbocycles. The third-order valence-corrected chi connectivity index (χ3v) is 14.5. The molecule has 0 aromatic heterocycles. The first-order chi connectivity index (χ1) is 24.7. The van der Waals surface area contributed by atoms with Crippen molar-refractivity contribution in [2.24, 2.45) is 16.7 Å². The van der Waals surface area contributed by atoms with Gasteiger partial charge in [-0.2, -0.15) is 0 Å². The maximum atomic E-state index is 13.9. The Bertz CT molecular complexity index is 1460. The molecular weight excluding hydrogens is 648 g/mol. The van der Waals surface area contributed by atoms with Gasteiger partial charge in [-0.3, -0.25) is 19.4 Å². The predicted octanol–water partition coefficient (Wildman–Crippen LogP) is 4.51. The van der Waals surface area contributed by atoms with Crippen molar-refractivity contribution in [2.45, 2.75) is 140 Å². The highest BCUT2D eigenvalue weighted by molar-refractivity contribution is 5.84. The molecule has 280 valence electrons. The number of likely N-dealkylation sites (tertiary alicyclic amines) is 2. The van der Waals surface area contributed by atoms with Crippen LogP contribution in [0.3, 0.4) is 0 Å². The van der Waals surface area contributed by atoms with Crippen LogP contribution in [0.5, 0.6) is 0 Å². The van der Waals surface area contributed by atoms with Gasteiger partial charge in [0.15, 0.2) is 0 Å². The quantitative estimate of drug-likeness (QED) is 0.397. The molecule has 12 nitrogen and oxygen atoms in total. The van der Waals surface area contributed by atoms with E-state index in [1.54, 1.807) is 0 Å². The highest BCUT2D eigenvalue weighted by Crippen LogP contribution is 2.53. The number of fused-ring (bicyclic) bond motifs is 4. The van der Waals surface area contributed by atoms with Crippen molar-refractivity contribution < 1.29 is 28.7 Å². The minimum absolute atomic E-state index is 0.00484. The van der Waals surface area contributed by atoms with Crippen molar-refractivity contribution in [3.05, 3.63) is 23.5 Å². The standard InChI is InChI=1S/C39H58N6O6/c1-4-32-39(13-17-43(18-14-39)30-21-27-9-10-28(22-30)45(27)37(49)51-6-3)31(35(47)41-32)23-33-38(24-34(46)40-33)11-15-42(16-12-38)29-19-25-7-8-26(20-29)44(25)36(48)50-5-2/h19,21,25-28,31-33H,4-18,20,22-24H2,1-3H3,(H,40,46)(H,41,47). The molecule has 0 saturated carbocycles. The molecular formula is C39H58N6O6. The van der Waals surface area contributed by atoms with Gasteiger partial charge in [-0.15, -0.1) is 0 Å². The maximum Gasteiger partial charge on any atom is 0.410 e. The lowest BCUT2D eigenvalue weighted by atomic mass is 9.61. The lowest BCUT2D eigenvalue weighted by molar-refractivity contribution is -0.125. The second-order valence-electron chi connectivity index (χ2n) is 16.7. The lowest BCUT2D eigenvalue weighted by Crippen LogP contribution is -2.52. The molecule has 51 heavy (non-hydrogen) atoms. The molecule has 6 saturated heterocycles. The zero-order chi connectivity index (χ0) is 35.5. The zero-order valence-corrected chi connectivity index (χ0v) is 30.9. The van der Waals surface area contributed by atoms with E-state index in [9.17, 15) is 19.2 Å². The molecule has 12 heteroatoms. The van der Waals surface area contributed by atoms with Crippen molar-refractivity contribution in [1.29, 1.82) is 0 Å². The van der Waals surface area contributed by atoms with Crippen molar-refractivity contribution in [3.8, 4) is 0 Å². The van der Waals surface area contributed by atoms with Crippen molar-refractivity contribution in [3.63, 3.8) is 0 Å². The van der Waals surface area contributed by atoms with Crippen LogP contribution in [0.4, 0.5) is 9.59 Å². The fourth-order valence-electron chi connectivity index (χ4n) is 11.9. The number of ether oxygens (including phenoxy) is 2. The molecule has 0 aromatic rings. The number of piperidine rings is 2. The molecule has 2 N–H and O–H groups in total. The van der Waals surface area contributed by atoms with Gasteiger partial charge in [-0.25, -0.2) is 9.59 Å². The Labute approximate surface area is 302 Å². The highest BCUT2D eigenvalue weighted by atomic mass is 16.6. The van der Waals surface area contributed by atoms with Gasteiger partial charge in [-0.1, -0.05) is 6.92 Å². The summed E-state index contributed by atoms with van der Waals surface area (Å²) in [5.41, 5.74) is 2.43. The smallest absolute Gasteiger partial charge is 0.410 e. The third-order valence-electron chi connectivity index (χ3n) is 14.5. The van der Waals surface area contributed by atoms with Crippen LogP contribution in [-0.4, -0.2) is 119 Å². The largest absolute Gasteiger partial charge is 0.450 e. The van der Waals surface area contributed by atoms with Gasteiger partial charge in [0.1, 0.15) is 0 Å². The molecule has 7 unspecified atom stereocenters. The molecule has 4 bridgehead atoms. The van der Waals surface area contributed by atoms with Gasteiger partial charge in [0.2, 0.25) is 11.8 Å². The van der Waals surface area contributed by atoms with Crippen LogP contribution in [0.15, 0.2) is 23.5 Å². The second-order valence-corrected chi connectivity index (χ2v) is 16.7. The molecule has 6 fully saturated rings. The Kier molecular flexibility index (Phi) is 9.18. The third kappa shape index (κ3) is 5.86. The van der Waals surface area contributed by atoms with Crippen molar-refractivity contribution >= 4 is 24.0 Å². The van der Waals surface area contributed by atoms with Gasteiger partial charge < -0.3 is 29.9 Å². The van der Waals surface area contributed by atoms with Gasteiger partial charge in [0.05, 0.1) is 25.3 Å². The Balaban J connectivity index is 0.934. The monoisotopic (exact) mass is 706 g/mol. The van der Waals surface area contributed by atoms with E-state index in [0.29, 0.717) is 26.1 Å². The van der Waals surface area contributed by atoms with E-state index in [1.807, 2.05) is 23.6 Å². The molecule has 8 aliphatic rings. The molecule has 7 atom stereocenters. The average Bonchev–Trinajstić information content (AvgIpc) is 3.76. The summed E-state index contributed by atoms with van der Waals surface area (Å²) in [4.78, 5) is 61.2. The Morgan fingerprint density at radius 1 is 0.745 bits per heavy atom. The van der Waals surface area contributed by atoms with Crippen LogP contribution in [0.2, 0.25) is 0 Å². The average molecular weight is 707 g/mol. The second kappa shape index (κ2) is 13.5. The Morgan fingerprint density at radius 3 is 1.76 bits per heavy atom. The Morgan fingerprint density at radius 2 is 1.27 bits per heavy atom. The first-order valence-electron chi connectivity index (χ1n) is 20.1. The number of nitrogens with one attached hydrogen (secondary N) is 2. The van der Waals surface area contributed by atoms with Crippen LogP contribution >= 0.6 is 0 Å². The first kappa shape index (κ1) is 34.6. The summed E-state index contributed by atoms with van der Waals surface area (Å²) >= 11 is 0. The number of amides is 4.